The highest BCUT2D eigenvalue weighted by Crippen LogP contribution is 2.28. The van der Waals surface area contributed by atoms with Crippen molar-refractivity contribution in [3.63, 3.8) is 0 Å². The summed E-state index contributed by atoms with van der Waals surface area (Å²) in [5, 5.41) is 15.6. The fraction of sp³-hybridized carbons (Fsp3) is 0.750. The molecule has 1 aromatic rings. The fourth-order valence-electron chi connectivity index (χ4n) is 1.57. The van der Waals surface area contributed by atoms with Gasteiger partial charge in [-0.15, -0.1) is 5.10 Å². The lowest BCUT2D eigenvalue weighted by atomic mass is 9.92. The number of rotatable bonds is 2. The van der Waals surface area contributed by atoms with Crippen LogP contribution in [-0.4, -0.2) is 27.9 Å². The van der Waals surface area contributed by atoms with E-state index in [0.29, 0.717) is 5.69 Å². The summed E-state index contributed by atoms with van der Waals surface area (Å²) in [6, 6.07) is 0. The van der Waals surface area contributed by atoms with Crippen molar-refractivity contribution in [3.05, 3.63) is 11.1 Å². The Morgan fingerprint density at radius 1 is 1.54 bits per heavy atom. The van der Waals surface area contributed by atoms with Gasteiger partial charge < -0.3 is 9.84 Å². The molecular weight excluding hydrogens is 188 g/mol. The van der Waals surface area contributed by atoms with Gasteiger partial charge in [-0.2, -0.15) is 0 Å². The summed E-state index contributed by atoms with van der Waals surface area (Å²) in [5.74, 6) is 0.289. The summed E-state index contributed by atoms with van der Waals surface area (Å²) in [6.07, 6.45) is 1.37. The third-order valence-corrected chi connectivity index (χ3v) is 2.92. The summed E-state index contributed by atoms with van der Waals surface area (Å²) >= 11 is 1.28. The molecule has 1 aliphatic heterocycles. The first kappa shape index (κ1) is 9.05. The number of hydrogen-bond donors (Lipinski definition) is 1. The van der Waals surface area contributed by atoms with Crippen LogP contribution in [0.25, 0.3) is 0 Å². The largest absolute Gasteiger partial charge is 0.386 e. The molecule has 1 aliphatic rings. The number of nitrogens with zero attached hydrogens (tertiary/aromatic N) is 2. The van der Waals surface area contributed by atoms with Crippen molar-refractivity contribution >= 4 is 11.5 Å². The van der Waals surface area contributed by atoms with Crippen LogP contribution in [0.15, 0.2) is 5.38 Å². The van der Waals surface area contributed by atoms with E-state index in [1.54, 1.807) is 5.38 Å². The van der Waals surface area contributed by atoms with Crippen molar-refractivity contribution in [3.8, 4) is 0 Å². The first-order valence-corrected chi connectivity index (χ1v) is 5.24. The molecule has 4 nitrogen and oxygen atoms in total. The highest BCUT2D eigenvalue weighted by atomic mass is 32.1. The number of hydrogen-bond acceptors (Lipinski definition) is 5. The standard InChI is InChI=1S/C8H12N2O2S/c11-8(7-5-13-10-9-7)6-1-3-12-4-2-6/h5-6,8,11H,1-4H2. The zero-order valence-electron chi connectivity index (χ0n) is 7.22. The maximum Gasteiger partial charge on any atom is 0.104 e. The minimum Gasteiger partial charge on any atom is -0.386 e. The van der Waals surface area contributed by atoms with Gasteiger partial charge in [-0.1, -0.05) is 4.49 Å². The van der Waals surface area contributed by atoms with Gasteiger partial charge in [0.05, 0.1) is 0 Å². The summed E-state index contributed by atoms with van der Waals surface area (Å²) in [6.45, 7) is 1.50. The van der Waals surface area contributed by atoms with Crippen LogP contribution in [0.4, 0.5) is 0 Å². The second kappa shape index (κ2) is 4.13. The minimum absolute atomic E-state index is 0.289. The summed E-state index contributed by atoms with van der Waals surface area (Å²) in [5.41, 5.74) is 0.705. The van der Waals surface area contributed by atoms with Gasteiger partial charge >= 0.3 is 0 Å². The van der Waals surface area contributed by atoms with Gasteiger partial charge in [-0.25, -0.2) is 0 Å². The van der Waals surface area contributed by atoms with Crippen molar-refractivity contribution in [2.45, 2.75) is 18.9 Å². The second-order valence-electron chi connectivity index (χ2n) is 3.22. The van der Waals surface area contributed by atoms with Crippen LogP contribution in [0, 0.1) is 5.92 Å². The van der Waals surface area contributed by atoms with E-state index >= 15 is 0 Å². The highest BCUT2D eigenvalue weighted by molar-refractivity contribution is 7.03. The van der Waals surface area contributed by atoms with Crippen LogP contribution >= 0.6 is 11.5 Å². The molecule has 1 unspecified atom stereocenters. The molecule has 0 aromatic carbocycles. The average Bonchev–Trinajstić information content (AvgIpc) is 2.71. The average molecular weight is 200 g/mol. The van der Waals surface area contributed by atoms with Crippen molar-refractivity contribution in [1.82, 2.24) is 9.59 Å². The Bertz CT molecular complexity index is 247. The van der Waals surface area contributed by atoms with E-state index in [1.807, 2.05) is 0 Å². The van der Waals surface area contributed by atoms with Gasteiger partial charge in [0, 0.05) is 18.6 Å². The lowest BCUT2D eigenvalue weighted by molar-refractivity contribution is 0.00557. The predicted molar refractivity (Wildman–Crippen MR) is 48.4 cm³/mol. The van der Waals surface area contributed by atoms with E-state index in [1.165, 1.54) is 11.5 Å². The number of ether oxygens (including phenoxy) is 1. The number of aliphatic hydroxyl groups is 1. The fourth-order valence-corrected chi connectivity index (χ4v) is 2.06. The lowest BCUT2D eigenvalue weighted by Crippen LogP contribution is -2.22. The smallest absolute Gasteiger partial charge is 0.104 e. The van der Waals surface area contributed by atoms with Gasteiger partial charge in [-0.3, -0.25) is 0 Å². The van der Waals surface area contributed by atoms with Crippen molar-refractivity contribution in [2.75, 3.05) is 13.2 Å². The predicted octanol–water partition coefficient (Wildman–Crippen LogP) is 0.998. The Balaban J connectivity index is 1.99. The molecule has 2 heterocycles. The van der Waals surface area contributed by atoms with Crippen molar-refractivity contribution in [1.29, 1.82) is 0 Å². The zero-order valence-corrected chi connectivity index (χ0v) is 8.04. The molecule has 0 radical (unpaired) electrons. The van der Waals surface area contributed by atoms with Gasteiger partial charge in [-0.05, 0) is 30.3 Å². The van der Waals surface area contributed by atoms with Crippen LogP contribution < -0.4 is 0 Å². The molecule has 0 bridgehead atoms. The van der Waals surface area contributed by atoms with E-state index in [4.69, 9.17) is 4.74 Å². The second-order valence-corrected chi connectivity index (χ2v) is 3.83. The summed E-state index contributed by atoms with van der Waals surface area (Å²) < 4.78 is 8.96. The molecular formula is C8H12N2O2S. The van der Waals surface area contributed by atoms with E-state index in [2.05, 4.69) is 9.59 Å². The van der Waals surface area contributed by atoms with Crippen LogP contribution in [0.5, 0.6) is 0 Å². The van der Waals surface area contributed by atoms with E-state index in [9.17, 15) is 5.11 Å². The molecule has 1 atom stereocenters. The third-order valence-electron chi connectivity index (χ3n) is 2.39. The molecule has 0 saturated carbocycles. The Morgan fingerprint density at radius 2 is 2.31 bits per heavy atom. The van der Waals surface area contributed by atoms with Gasteiger partial charge in [0.15, 0.2) is 0 Å². The van der Waals surface area contributed by atoms with Gasteiger partial charge in [0.1, 0.15) is 11.8 Å². The Labute approximate surface area is 80.7 Å². The van der Waals surface area contributed by atoms with Gasteiger partial charge in [0.25, 0.3) is 0 Å². The summed E-state index contributed by atoms with van der Waals surface area (Å²) in [4.78, 5) is 0. The first-order chi connectivity index (χ1) is 6.38. The number of aromatic nitrogens is 2. The Morgan fingerprint density at radius 3 is 2.92 bits per heavy atom. The van der Waals surface area contributed by atoms with Gasteiger partial charge in [0.2, 0.25) is 0 Å². The molecule has 2 rings (SSSR count). The molecule has 1 aromatic heterocycles. The molecule has 0 spiro atoms. The normalized spacial score (nSPS) is 21.6. The van der Waals surface area contributed by atoms with E-state index in [-0.39, 0.29) is 5.92 Å². The molecule has 1 saturated heterocycles. The number of aliphatic hydroxyl groups excluding tert-OH is 1. The molecule has 72 valence electrons. The monoisotopic (exact) mass is 200 g/mol. The van der Waals surface area contributed by atoms with Crippen LogP contribution in [0.3, 0.4) is 0 Å². The maximum absolute atomic E-state index is 9.88. The quantitative estimate of drug-likeness (QED) is 0.773. The molecule has 13 heavy (non-hydrogen) atoms. The first-order valence-electron chi connectivity index (χ1n) is 4.40. The molecule has 1 fully saturated rings. The Hall–Kier alpha value is -0.520. The zero-order chi connectivity index (χ0) is 9.10. The SMILES string of the molecule is OC(c1csnn1)C1CCOCC1. The van der Waals surface area contributed by atoms with Crippen molar-refractivity contribution < 1.29 is 9.84 Å². The van der Waals surface area contributed by atoms with Crippen LogP contribution in [0.1, 0.15) is 24.6 Å². The minimum atomic E-state index is -0.456. The van der Waals surface area contributed by atoms with E-state index in [0.717, 1.165) is 26.1 Å². The van der Waals surface area contributed by atoms with E-state index < -0.39 is 6.10 Å². The summed E-state index contributed by atoms with van der Waals surface area (Å²) in [7, 11) is 0. The molecule has 5 heteroatoms. The lowest BCUT2D eigenvalue weighted by Gasteiger charge is -2.25. The topological polar surface area (TPSA) is 55.2 Å². The molecule has 0 aliphatic carbocycles. The third kappa shape index (κ3) is 2.04. The molecule has 0 amide bonds. The van der Waals surface area contributed by atoms with Crippen LogP contribution in [0.2, 0.25) is 0 Å². The molecule has 1 N–H and O–H groups in total. The highest BCUT2D eigenvalue weighted by Gasteiger charge is 2.24. The Kier molecular flexibility index (Phi) is 2.87. The van der Waals surface area contributed by atoms with Crippen molar-refractivity contribution in [2.24, 2.45) is 5.92 Å². The maximum atomic E-state index is 9.88. The van der Waals surface area contributed by atoms with Crippen LogP contribution in [-0.2, 0) is 4.74 Å².